The predicted molar refractivity (Wildman–Crippen MR) is 103 cm³/mol. The molecule has 126 valence electrons. The van der Waals surface area contributed by atoms with Crippen molar-refractivity contribution in [1.29, 1.82) is 0 Å². The highest BCUT2D eigenvalue weighted by atomic mass is 15.0. The maximum atomic E-state index is 4.62. The van der Waals surface area contributed by atoms with Gasteiger partial charge in [-0.15, -0.1) is 0 Å². The Labute approximate surface area is 149 Å². The number of aryl methyl sites for hydroxylation is 3. The Bertz CT molecular complexity index is 884. The molecule has 0 unspecified atom stereocenters. The zero-order chi connectivity index (χ0) is 17.2. The van der Waals surface area contributed by atoms with Gasteiger partial charge in [0.25, 0.3) is 0 Å². The Kier molecular flexibility index (Phi) is 4.22. The number of nitrogens with one attached hydrogen (secondary N) is 1. The molecule has 0 saturated heterocycles. The Morgan fingerprint density at radius 3 is 2.60 bits per heavy atom. The zero-order valence-electron chi connectivity index (χ0n) is 14.8. The Morgan fingerprint density at radius 1 is 0.960 bits per heavy atom. The third kappa shape index (κ3) is 3.41. The lowest BCUT2D eigenvalue weighted by atomic mass is 9.88. The molecule has 0 radical (unpaired) electrons. The Balaban J connectivity index is 1.65. The number of aromatic nitrogens is 2. The summed E-state index contributed by atoms with van der Waals surface area (Å²) in [5.74, 6) is 1.70. The molecule has 3 nitrogen and oxygen atoms in total. The quantitative estimate of drug-likeness (QED) is 0.713. The van der Waals surface area contributed by atoms with Gasteiger partial charge in [0.2, 0.25) is 0 Å². The van der Waals surface area contributed by atoms with Crippen LogP contribution in [0.3, 0.4) is 0 Å². The average Bonchev–Trinajstić information content (AvgIpc) is 2.62. The summed E-state index contributed by atoms with van der Waals surface area (Å²) in [6, 6.07) is 19.6. The number of anilines is 1. The van der Waals surface area contributed by atoms with Crippen LogP contribution in [-0.2, 0) is 6.42 Å². The highest BCUT2D eigenvalue weighted by Crippen LogP contribution is 2.32. The van der Waals surface area contributed by atoms with Gasteiger partial charge in [-0.2, -0.15) is 0 Å². The van der Waals surface area contributed by atoms with Crippen LogP contribution in [0, 0.1) is 13.8 Å². The number of rotatable bonds is 3. The van der Waals surface area contributed by atoms with Crippen LogP contribution in [-0.4, -0.2) is 9.97 Å². The number of hydrogen-bond donors (Lipinski definition) is 1. The van der Waals surface area contributed by atoms with Gasteiger partial charge in [-0.05, 0) is 44.2 Å². The lowest BCUT2D eigenvalue weighted by molar-refractivity contribution is 0.598. The van der Waals surface area contributed by atoms with Gasteiger partial charge in [-0.25, -0.2) is 9.97 Å². The molecule has 0 fully saturated rings. The van der Waals surface area contributed by atoms with E-state index in [1.807, 2.05) is 6.92 Å². The normalized spacial score (nSPS) is 16.3. The summed E-state index contributed by atoms with van der Waals surface area (Å²) in [4.78, 5) is 9.24. The summed E-state index contributed by atoms with van der Waals surface area (Å²) in [5.41, 5.74) is 6.21. The SMILES string of the molecule is Cc1ccc(-c2cc(N[C@@H]3CCCc4ccccc43)nc(C)n2)cc1. The van der Waals surface area contributed by atoms with E-state index in [1.54, 1.807) is 0 Å². The van der Waals surface area contributed by atoms with Crippen molar-refractivity contribution in [3.8, 4) is 11.3 Å². The van der Waals surface area contributed by atoms with Gasteiger partial charge in [0, 0.05) is 11.6 Å². The summed E-state index contributed by atoms with van der Waals surface area (Å²) >= 11 is 0. The molecule has 1 aliphatic carbocycles. The van der Waals surface area contributed by atoms with E-state index in [0.29, 0.717) is 6.04 Å². The largest absolute Gasteiger partial charge is 0.363 e. The molecular formula is C22H23N3. The lowest BCUT2D eigenvalue weighted by Gasteiger charge is -2.27. The number of hydrogen-bond acceptors (Lipinski definition) is 3. The zero-order valence-corrected chi connectivity index (χ0v) is 14.8. The summed E-state index contributed by atoms with van der Waals surface area (Å²) < 4.78 is 0. The first-order chi connectivity index (χ1) is 12.2. The van der Waals surface area contributed by atoms with Crippen LogP contribution >= 0.6 is 0 Å². The van der Waals surface area contributed by atoms with E-state index >= 15 is 0 Å². The molecule has 3 heteroatoms. The van der Waals surface area contributed by atoms with E-state index in [-0.39, 0.29) is 0 Å². The molecule has 2 aromatic carbocycles. The van der Waals surface area contributed by atoms with Gasteiger partial charge < -0.3 is 5.32 Å². The van der Waals surface area contributed by atoms with Gasteiger partial charge in [-0.3, -0.25) is 0 Å². The molecule has 0 aliphatic heterocycles. The highest BCUT2D eigenvalue weighted by molar-refractivity contribution is 5.63. The van der Waals surface area contributed by atoms with Gasteiger partial charge in [-0.1, -0.05) is 54.1 Å². The average molecular weight is 329 g/mol. The molecule has 3 aromatic rings. The second-order valence-corrected chi connectivity index (χ2v) is 6.84. The van der Waals surface area contributed by atoms with Crippen LogP contribution in [0.15, 0.2) is 54.6 Å². The van der Waals surface area contributed by atoms with Crippen molar-refractivity contribution in [2.24, 2.45) is 0 Å². The number of nitrogens with zero attached hydrogens (tertiary/aromatic N) is 2. The van der Waals surface area contributed by atoms with Crippen molar-refractivity contribution >= 4 is 5.82 Å². The fourth-order valence-corrected chi connectivity index (χ4v) is 3.60. The molecule has 4 rings (SSSR count). The lowest BCUT2D eigenvalue weighted by Crippen LogP contribution is -2.18. The minimum atomic E-state index is 0.324. The molecule has 25 heavy (non-hydrogen) atoms. The van der Waals surface area contributed by atoms with E-state index in [0.717, 1.165) is 29.3 Å². The summed E-state index contributed by atoms with van der Waals surface area (Å²) in [7, 11) is 0. The van der Waals surface area contributed by atoms with E-state index in [4.69, 9.17) is 0 Å². The van der Waals surface area contributed by atoms with Crippen LogP contribution in [0.2, 0.25) is 0 Å². The van der Waals surface area contributed by atoms with E-state index < -0.39 is 0 Å². The van der Waals surface area contributed by atoms with Gasteiger partial charge in [0.15, 0.2) is 0 Å². The minimum Gasteiger partial charge on any atom is -0.363 e. The highest BCUT2D eigenvalue weighted by Gasteiger charge is 2.20. The molecule has 1 atom stereocenters. The molecule has 0 saturated carbocycles. The van der Waals surface area contributed by atoms with Crippen molar-refractivity contribution in [2.45, 2.75) is 39.2 Å². The third-order valence-corrected chi connectivity index (χ3v) is 4.88. The summed E-state index contributed by atoms with van der Waals surface area (Å²) in [6.07, 6.45) is 3.52. The van der Waals surface area contributed by atoms with Crippen LogP contribution in [0.25, 0.3) is 11.3 Å². The maximum Gasteiger partial charge on any atom is 0.130 e. The van der Waals surface area contributed by atoms with Gasteiger partial charge in [0.05, 0.1) is 11.7 Å². The van der Waals surface area contributed by atoms with Crippen molar-refractivity contribution in [3.05, 3.63) is 77.1 Å². The van der Waals surface area contributed by atoms with Crippen molar-refractivity contribution < 1.29 is 0 Å². The smallest absolute Gasteiger partial charge is 0.130 e. The maximum absolute atomic E-state index is 4.62. The molecular weight excluding hydrogens is 306 g/mol. The molecule has 0 bridgehead atoms. The summed E-state index contributed by atoms with van der Waals surface area (Å²) in [5, 5.41) is 3.65. The standard InChI is InChI=1S/C22H23N3/c1-15-10-12-18(13-11-15)21-14-22(24-16(2)23-21)25-20-9-5-7-17-6-3-4-8-19(17)20/h3-4,6,8,10-14,20H,5,7,9H2,1-2H3,(H,23,24,25)/t20-/m1/s1. The number of fused-ring (bicyclic) bond motifs is 1. The fourth-order valence-electron chi connectivity index (χ4n) is 3.60. The van der Waals surface area contributed by atoms with Gasteiger partial charge in [0.1, 0.15) is 11.6 Å². The van der Waals surface area contributed by atoms with Crippen LogP contribution in [0.5, 0.6) is 0 Å². The molecule has 1 aromatic heterocycles. The molecule has 0 spiro atoms. The Morgan fingerprint density at radius 2 is 1.76 bits per heavy atom. The summed E-state index contributed by atoms with van der Waals surface area (Å²) in [6.45, 7) is 4.06. The third-order valence-electron chi connectivity index (χ3n) is 4.88. The van der Waals surface area contributed by atoms with Crippen LogP contribution in [0.1, 0.15) is 41.4 Å². The molecule has 1 aliphatic rings. The van der Waals surface area contributed by atoms with E-state index in [2.05, 4.69) is 76.8 Å². The van der Waals surface area contributed by atoms with Crippen molar-refractivity contribution in [1.82, 2.24) is 9.97 Å². The second kappa shape index (κ2) is 6.67. The van der Waals surface area contributed by atoms with Crippen molar-refractivity contribution in [3.63, 3.8) is 0 Å². The van der Waals surface area contributed by atoms with Crippen molar-refractivity contribution in [2.75, 3.05) is 5.32 Å². The first-order valence-corrected chi connectivity index (χ1v) is 8.96. The second-order valence-electron chi connectivity index (χ2n) is 6.84. The van der Waals surface area contributed by atoms with Gasteiger partial charge >= 0.3 is 0 Å². The fraction of sp³-hybridized carbons (Fsp3) is 0.273. The first-order valence-electron chi connectivity index (χ1n) is 8.96. The van der Waals surface area contributed by atoms with Crippen LogP contribution in [0.4, 0.5) is 5.82 Å². The van der Waals surface area contributed by atoms with E-state index in [9.17, 15) is 0 Å². The monoisotopic (exact) mass is 329 g/mol. The predicted octanol–water partition coefficient (Wildman–Crippen LogP) is 5.25. The topological polar surface area (TPSA) is 37.8 Å². The van der Waals surface area contributed by atoms with Crippen LogP contribution < -0.4 is 5.32 Å². The minimum absolute atomic E-state index is 0.324. The Hall–Kier alpha value is -2.68. The molecule has 1 N–H and O–H groups in total. The van der Waals surface area contributed by atoms with E-state index in [1.165, 1.54) is 29.5 Å². The molecule has 1 heterocycles. The number of benzene rings is 2. The first kappa shape index (κ1) is 15.8. The molecule has 0 amide bonds.